The highest BCUT2D eigenvalue weighted by atomic mass is 31.2. The van der Waals surface area contributed by atoms with Gasteiger partial charge in [-0.05, 0) is 32.1 Å². The summed E-state index contributed by atoms with van der Waals surface area (Å²) < 4.78 is 27.2. The monoisotopic (exact) mass is 507 g/mol. The Morgan fingerprint density at radius 3 is 1.88 bits per heavy atom. The van der Waals surface area contributed by atoms with Crippen molar-refractivity contribution in [2.24, 2.45) is 0 Å². The predicted octanol–water partition coefficient (Wildman–Crippen LogP) is 5.61. The Balaban J connectivity index is 3.43. The van der Waals surface area contributed by atoms with Gasteiger partial charge in [0.05, 0.1) is 34.4 Å². The number of phosphoric ester groups is 1. The minimum Gasteiger partial charge on any atom is -0.756 e. The zero-order valence-electron chi connectivity index (χ0n) is 22.5. The lowest BCUT2D eigenvalue weighted by Crippen LogP contribution is -2.37. The zero-order valence-corrected chi connectivity index (χ0v) is 23.4. The summed E-state index contributed by atoms with van der Waals surface area (Å²) in [6.07, 6.45) is 21.3. The highest BCUT2D eigenvalue weighted by Crippen LogP contribution is 2.38. The topological polar surface area (TPSA) is 88.0 Å². The molecule has 0 aromatic carbocycles. The average molecular weight is 508 g/mol. The Hall–Kier alpha value is -0.270. The van der Waals surface area contributed by atoms with Crippen molar-refractivity contribution in [2.75, 3.05) is 54.1 Å². The number of hydrogen-bond acceptors (Lipinski definition) is 6. The lowest BCUT2D eigenvalue weighted by Gasteiger charge is -2.27. The molecule has 0 aliphatic carbocycles. The van der Waals surface area contributed by atoms with Crippen LogP contribution in [0.2, 0.25) is 0 Å². The van der Waals surface area contributed by atoms with Gasteiger partial charge >= 0.3 is 0 Å². The number of nitrogens with zero attached hydrogens (tertiary/aromatic N) is 1. The molecule has 1 N–H and O–H groups in total. The first-order valence-corrected chi connectivity index (χ1v) is 14.9. The molecule has 0 fully saturated rings. The molecule has 0 bridgehead atoms. The van der Waals surface area contributed by atoms with E-state index in [2.05, 4.69) is 19.1 Å². The fourth-order valence-electron chi connectivity index (χ4n) is 3.36. The van der Waals surface area contributed by atoms with E-state index in [1.54, 1.807) is 0 Å². The Kier molecular flexibility index (Phi) is 21.8. The Morgan fingerprint density at radius 1 is 0.794 bits per heavy atom. The number of likely N-dealkylation sites (N-methyl/N-ethyl adjacent to an activating group) is 1. The molecule has 0 saturated carbocycles. The van der Waals surface area contributed by atoms with E-state index in [9.17, 15) is 14.6 Å². The molecule has 2 unspecified atom stereocenters. The van der Waals surface area contributed by atoms with Crippen LogP contribution in [0.3, 0.4) is 0 Å². The maximum atomic E-state index is 11.7. The van der Waals surface area contributed by atoms with Gasteiger partial charge in [-0.25, -0.2) is 0 Å². The van der Waals surface area contributed by atoms with Gasteiger partial charge in [-0.2, -0.15) is 0 Å². The second-order valence-corrected chi connectivity index (χ2v) is 11.7. The van der Waals surface area contributed by atoms with E-state index in [-0.39, 0.29) is 19.8 Å². The van der Waals surface area contributed by atoms with Crippen LogP contribution in [-0.4, -0.2) is 69.8 Å². The summed E-state index contributed by atoms with van der Waals surface area (Å²) in [4.78, 5) is 11.7. The van der Waals surface area contributed by atoms with E-state index in [1.807, 2.05) is 21.1 Å². The molecule has 0 saturated heterocycles. The first-order valence-electron chi connectivity index (χ1n) is 13.5. The quantitative estimate of drug-likeness (QED) is 0.0748. The maximum absolute atomic E-state index is 11.7. The van der Waals surface area contributed by atoms with E-state index >= 15 is 0 Å². The number of rotatable bonds is 25. The van der Waals surface area contributed by atoms with Gasteiger partial charge in [0.15, 0.2) is 0 Å². The van der Waals surface area contributed by atoms with Gasteiger partial charge in [0, 0.05) is 6.61 Å². The van der Waals surface area contributed by atoms with Crippen LogP contribution in [0.25, 0.3) is 0 Å². The van der Waals surface area contributed by atoms with Crippen molar-refractivity contribution in [1.82, 2.24) is 0 Å². The molecule has 204 valence electrons. The largest absolute Gasteiger partial charge is 0.756 e. The van der Waals surface area contributed by atoms with Gasteiger partial charge in [0.25, 0.3) is 7.82 Å². The summed E-state index contributed by atoms with van der Waals surface area (Å²) in [5.74, 6) is 0. The number of hydrogen-bond donors (Lipinski definition) is 1. The number of unbranched alkanes of at least 4 members (excludes halogenated alkanes) is 12. The summed E-state index contributed by atoms with van der Waals surface area (Å²) in [6.45, 7) is 3.12. The lowest BCUT2D eigenvalue weighted by molar-refractivity contribution is -0.870. The fraction of sp³-hybridized carbons (Fsp3) is 0.923. The van der Waals surface area contributed by atoms with E-state index in [0.717, 1.165) is 12.8 Å². The molecule has 34 heavy (non-hydrogen) atoms. The highest BCUT2D eigenvalue weighted by molar-refractivity contribution is 7.45. The molecule has 0 aromatic heterocycles. The molecule has 0 amide bonds. The third-order valence-electron chi connectivity index (χ3n) is 5.55. The molecule has 0 aromatic rings. The van der Waals surface area contributed by atoms with Crippen molar-refractivity contribution in [3.05, 3.63) is 12.2 Å². The molecule has 0 spiro atoms. The molecule has 0 aliphatic rings. The number of aliphatic hydroxyl groups excluding tert-OH is 1. The Bertz CT molecular complexity index is 524. The summed E-state index contributed by atoms with van der Waals surface area (Å²) >= 11 is 0. The molecule has 0 heterocycles. The molecular weight excluding hydrogens is 453 g/mol. The van der Waals surface area contributed by atoms with Crippen molar-refractivity contribution in [3.8, 4) is 0 Å². The lowest BCUT2D eigenvalue weighted by atomic mass is 10.1. The van der Waals surface area contributed by atoms with Crippen molar-refractivity contribution >= 4 is 7.82 Å². The molecule has 2 atom stereocenters. The van der Waals surface area contributed by atoms with Gasteiger partial charge in [-0.3, -0.25) is 4.57 Å². The molecule has 7 nitrogen and oxygen atoms in total. The van der Waals surface area contributed by atoms with Crippen molar-refractivity contribution in [1.29, 1.82) is 0 Å². The standard InChI is InChI=1S/C26H54NO6P/c1-5-6-7-8-9-10-11-12-13-14-15-16-17-18-19-20-22-31-24-26(28)25-33-34(29,30)32-23-21-27(2,3)4/h12-13,26,28H,5-11,14-25H2,1-4H3/b13-12-. The van der Waals surface area contributed by atoms with Gasteiger partial charge in [-0.15, -0.1) is 0 Å². The number of aliphatic hydroxyl groups is 1. The number of quaternary nitrogens is 1. The molecular formula is C26H54NO6P. The van der Waals surface area contributed by atoms with E-state index < -0.39 is 13.9 Å². The van der Waals surface area contributed by atoms with Crippen LogP contribution in [0.5, 0.6) is 0 Å². The highest BCUT2D eigenvalue weighted by Gasteiger charge is 2.15. The average Bonchev–Trinajstić information content (AvgIpc) is 2.76. The van der Waals surface area contributed by atoms with Crippen LogP contribution >= 0.6 is 7.82 Å². The number of phosphoric acid groups is 1. The summed E-state index contributed by atoms with van der Waals surface area (Å²) in [7, 11) is 1.44. The molecule has 0 aliphatic heterocycles. The van der Waals surface area contributed by atoms with Crippen molar-refractivity contribution in [2.45, 2.75) is 103 Å². The predicted molar refractivity (Wildman–Crippen MR) is 139 cm³/mol. The van der Waals surface area contributed by atoms with Gasteiger partial charge < -0.3 is 28.3 Å². The number of ether oxygens (including phenoxy) is 1. The van der Waals surface area contributed by atoms with Crippen molar-refractivity contribution in [3.63, 3.8) is 0 Å². The van der Waals surface area contributed by atoms with E-state index in [0.29, 0.717) is 17.6 Å². The van der Waals surface area contributed by atoms with E-state index in [4.69, 9.17) is 13.8 Å². The minimum atomic E-state index is -4.39. The summed E-state index contributed by atoms with van der Waals surface area (Å²) in [6, 6.07) is 0. The van der Waals surface area contributed by atoms with E-state index in [1.165, 1.54) is 77.0 Å². The zero-order chi connectivity index (χ0) is 25.5. The van der Waals surface area contributed by atoms with Crippen LogP contribution in [0.4, 0.5) is 0 Å². The van der Waals surface area contributed by atoms with Crippen LogP contribution in [-0.2, 0) is 18.3 Å². The summed E-state index contributed by atoms with van der Waals surface area (Å²) in [5, 5.41) is 9.83. The molecule has 0 radical (unpaired) electrons. The van der Waals surface area contributed by atoms with Gasteiger partial charge in [-0.1, -0.05) is 76.9 Å². The van der Waals surface area contributed by atoms with Crippen LogP contribution < -0.4 is 4.89 Å². The first kappa shape index (κ1) is 33.7. The van der Waals surface area contributed by atoms with Gasteiger partial charge in [0.1, 0.15) is 19.3 Å². The fourth-order valence-corrected chi connectivity index (χ4v) is 4.09. The Labute approximate surface area is 210 Å². The SMILES string of the molecule is CCCCCCCC/C=C\CCCCCCCCOCC(O)COP(=O)([O-])OCC[N+](C)(C)C. The Morgan fingerprint density at radius 2 is 1.32 bits per heavy atom. The van der Waals surface area contributed by atoms with Crippen LogP contribution in [0, 0.1) is 0 Å². The smallest absolute Gasteiger partial charge is 0.268 e. The summed E-state index contributed by atoms with van der Waals surface area (Å²) in [5.41, 5.74) is 0. The second kappa shape index (κ2) is 22.0. The first-order chi connectivity index (χ1) is 16.2. The molecule has 8 heteroatoms. The van der Waals surface area contributed by atoms with Gasteiger partial charge in [0.2, 0.25) is 0 Å². The maximum Gasteiger partial charge on any atom is 0.268 e. The van der Waals surface area contributed by atoms with Crippen LogP contribution in [0.1, 0.15) is 96.8 Å². The normalized spacial score (nSPS) is 15.1. The minimum absolute atomic E-state index is 0.0484. The molecule has 0 rings (SSSR count). The number of allylic oxidation sites excluding steroid dienone is 2. The van der Waals surface area contributed by atoms with Crippen molar-refractivity contribution < 1.29 is 32.8 Å². The van der Waals surface area contributed by atoms with Crippen LogP contribution in [0.15, 0.2) is 12.2 Å². The second-order valence-electron chi connectivity index (χ2n) is 10.3. The third kappa shape index (κ3) is 26.3. The third-order valence-corrected chi connectivity index (χ3v) is 6.51.